The lowest BCUT2D eigenvalue weighted by atomic mass is 10.1. The van der Waals surface area contributed by atoms with Gasteiger partial charge in [0.2, 0.25) is 0 Å². The number of aromatic amines is 1. The minimum Gasteiger partial charge on any atom is -0.465 e. The van der Waals surface area contributed by atoms with Gasteiger partial charge in [0, 0.05) is 11.6 Å². The smallest absolute Gasteiger partial charge is 0.340 e. The van der Waals surface area contributed by atoms with E-state index in [0.717, 1.165) is 10.8 Å². The van der Waals surface area contributed by atoms with Gasteiger partial charge >= 0.3 is 5.97 Å². The first kappa shape index (κ1) is 17.4. The van der Waals surface area contributed by atoms with E-state index in [1.54, 1.807) is 18.3 Å². The summed E-state index contributed by atoms with van der Waals surface area (Å²) in [5, 5.41) is 11.0. The lowest BCUT2D eigenvalue weighted by Gasteiger charge is -2.01. The highest BCUT2D eigenvalue weighted by Gasteiger charge is 2.18. The molecule has 0 radical (unpaired) electrons. The van der Waals surface area contributed by atoms with E-state index in [2.05, 4.69) is 15.0 Å². The number of hydrogen-bond acceptors (Lipinski definition) is 6. The first-order chi connectivity index (χ1) is 13.6. The van der Waals surface area contributed by atoms with E-state index in [9.17, 15) is 9.59 Å². The lowest BCUT2D eigenvalue weighted by Crippen LogP contribution is -2.07. The summed E-state index contributed by atoms with van der Waals surface area (Å²) in [6.07, 6.45) is 1.65. The number of ether oxygens (including phenoxy) is 1. The van der Waals surface area contributed by atoms with Gasteiger partial charge in [-0.05, 0) is 23.6 Å². The second kappa shape index (κ2) is 6.93. The number of benzene rings is 2. The van der Waals surface area contributed by atoms with Crippen LogP contribution in [0.2, 0.25) is 0 Å². The molecule has 2 aromatic heterocycles. The van der Waals surface area contributed by atoms with Crippen molar-refractivity contribution in [2.24, 2.45) is 0 Å². The molecule has 0 saturated carbocycles. The van der Waals surface area contributed by atoms with Crippen LogP contribution in [0.3, 0.4) is 0 Å². The topological polar surface area (TPSA) is 109 Å². The molecule has 1 N–H and O–H groups in total. The SMILES string of the molecule is COC(=O)c1cc(C#N)cc2[nH]c(CC(=O)c3cc4ccccc4cn3)nc12. The zero-order valence-electron chi connectivity index (χ0n) is 14.9. The van der Waals surface area contributed by atoms with Gasteiger partial charge in [-0.25, -0.2) is 9.78 Å². The van der Waals surface area contributed by atoms with Gasteiger partial charge in [0.1, 0.15) is 17.0 Å². The highest BCUT2D eigenvalue weighted by molar-refractivity contribution is 6.03. The van der Waals surface area contributed by atoms with Crippen LogP contribution in [0.15, 0.2) is 48.7 Å². The van der Waals surface area contributed by atoms with Gasteiger partial charge in [0.05, 0.1) is 36.2 Å². The fraction of sp³-hybridized carbons (Fsp3) is 0.0952. The number of rotatable bonds is 4. The molecule has 0 aliphatic rings. The van der Waals surface area contributed by atoms with Crippen LogP contribution >= 0.6 is 0 Å². The van der Waals surface area contributed by atoms with Crippen LogP contribution in [0, 0.1) is 11.3 Å². The molecule has 0 aliphatic carbocycles. The number of ketones is 1. The Morgan fingerprint density at radius 2 is 1.96 bits per heavy atom. The molecule has 0 amide bonds. The molecule has 136 valence electrons. The minimum absolute atomic E-state index is 0.0114. The van der Waals surface area contributed by atoms with Crippen LogP contribution < -0.4 is 0 Å². The van der Waals surface area contributed by atoms with Gasteiger partial charge in [-0.15, -0.1) is 0 Å². The maximum atomic E-state index is 12.7. The minimum atomic E-state index is -0.595. The standard InChI is InChI=1S/C21H14N4O3/c1-28-21(27)15-6-12(10-22)7-17-20(15)25-19(24-17)9-18(26)16-8-13-4-2-3-5-14(13)11-23-16/h2-8,11H,9H2,1H3,(H,24,25). The molecule has 4 rings (SSSR count). The molecule has 28 heavy (non-hydrogen) atoms. The number of esters is 1. The van der Waals surface area contributed by atoms with Gasteiger partial charge in [-0.1, -0.05) is 24.3 Å². The van der Waals surface area contributed by atoms with Crippen molar-refractivity contribution < 1.29 is 14.3 Å². The molecule has 7 nitrogen and oxygen atoms in total. The monoisotopic (exact) mass is 370 g/mol. The van der Waals surface area contributed by atoms with E-state index in [0.29, 0.717) is 28.1 Å². The van der Waals surface area contributed by atoms with Crippen LogP contribution in [0.25, 0.3) is 21.8 Å². The third kappa shape index (κ3) is 3.08. The molecule has 2 aromatic carbocycles. The van der Waals surface area contributed by atoms with Crippen molar-refractivity contribution in [2.75, 3.05) is 7.11 Å². The van der Waals surface area contributed by atoms with E-state index < -0.39 is 5.97 Å². The predicted octanol–water partition coefficient (Wildman–Crippen LogP) is 3.19. The average molecular weight is 370 g/mol. The van der Waals surface area contributed by atoms with E-state index in [1.165, 1.54) is 13.2 Å². The van der Waals surface area contributed by atoms with Crippen molar-refractivity contribution in [3.8, 4) is 6.07 Å². The number of carbonyl (C=O) groups is 2. The summed E-state index contributed by atoms with van der Waals surface area (Å²) in [5.41, 5.74) is 1.67. The normalized spacial score (nSPS) is 10.7. The Morgan fingerprint density at radius 1 is 1.18 bits per heavy atom. The summed E-state index contributed by atoms with van der Waals surface area (Å²) >= 11 is 0. The fourth-order valence-electron chi connectivity index (χ4n) is 3.06. The molecule has 0 aliphatic heterocycles. The quantitative estimate of drug-likeness (QED) is 0.436. The second-order valence-electron chi connectivity index (χ2n) is 6.22. The molecule has 0 fully saturated rings. The maximum Gasteiger partial charge on any atom is 0.340 e. The number of carbonyl (C=O) groups excluding carboxylic acids is 2. The van der Waals surface area contributed by atoms with Crippen LogP contribution in [0.4, 0.5) is 0 Å². The zero-order valence-corrected chi connectivity index (χ0v) is 14.9. The summed E-state index contributed by atoms with van der Waals surface area (Å²) in [6.45, 7) is 0. The fourth-order valence-corrected chi connectivity index (χ4v) is 3.06. The molecule has 0 unspecified atom stereocenters. The number of pyridine rings is 1. The molecular weight excluding hydrogens is 356 g/mol. The first-order valence-electron chi connectivity index (χ1n) is 8.48. The molecule has 0 saturated heterocycles. The third-order valence-corrected chi connectivity index (χ3v) is 4.41. The molecule has 0 spiro atoms. The summed E-state index contributed by atoms with van der Waals surface area (Å²) in [7, 11) is 1.26. The molecule has 2 heterocycles. The van der Waals surface area contributed by atoms with Crippen molar-refractivity contribution in [1.82, 2.24) is 15.0 Å². The number of Topliss-reactive ketones (excluding diaryl/α,β-unsaturated/α-hetero) is 1. The van der Waals surface area contributed by atoms with E-state index in [1.807, 2.05) is 30.3 Å². The van der Waals surface area contributed by atoms with Crippen LogP contribution in [-0.2, 0) is 11.2 Å². The Bertz CT molecular complexity index is 1280. The lowest BCUT2D eigenvalue weighted by molar-refractivity contribution is 0.0602. The van der Waals surface area contributed by atoms with E-state index in [4.69, 9.17) is 10.00 Å². The van der Waals surface area contributed by atoms with Gasteiger partial charge in [0.25, 0.3) is 0 Å². The molecule has 0 bridgehead atoms. The van der Waals surface area contributed by atoms with Crippen LogP contribution in [0.1, 0.15) is 32.2 Å². The van der Waals surface area contributed by atoms with Crippen molar-refractivity contribution in [1.29, 1.82) is 5.26 Å². The average Bonchev–Trinajstić information content (AvgIpc) is 3.14. The number of fused-ring (bicyclic) bond motifs is 2. The van der Waals surface area contributed by atoms with Gasteiger partial charge in [-0.2, -0.15) is 5.26 Å². The van der Waals surface area contributed by atoms with Gasteiger partial charge in [-0.3, -0.25) is 9.78 Å². The first-order valence-corrected chi connectivity index (χ1v) is 8.48. The second-order valence-corrected chi connectivity index (χ2v) is 6.22. The summed E-state index contributed by atoms with van der Waals surface area (Å²) in [6, 6.07) is 14.4. The molecular formula is C21H14N4O3. The van der Waals surface area contributed by atoms with Crippen LogP contribution in [0.5, 0.6) is 0 Å². The van der Waals surface area contributed by atoms with E-state index in [-0.39, 0.29) is 17.8 Å². The number of nitrogens with one attached hydrogen (secondary N) is 1. The number of nitriles is 1. The summed E-state index contributed by atoms with van der Waals surface area (Å²) in [4.78, 5) is 36.3. The van der Waals surface area contributed by atoms with Crippen molar-refractivity contribution >= 4 is 33.6 Å². The molecule has 7 heteroatoms. The number of H-pyrrole nitrogens is 1. The number of hydrogen-bond donors (Lipinski definition) is 1. The summed E-state index contributed by atoms with van der Waals surface area (Å²) in [5.74, 6) is -0.414. The van der Waals surface area contributed by atoms with Crippen molar-refractivity contribution in [3.05, 3.63) is 71.3 Å². The van der Waals surface area contributed by atoms with Crippen molar-refractivity contribution in [3.63, 3.8) is 0 Å². The highest BCUT2D eigenvalue weighted by Crippen LogP contribution is 2.21. The number of aromatic nitrogens is 3. The Morgan fingerprint density at radius 3 is 2.71 bits per heavy atom. The summed E-state index contributed by atoms with van der Waals surface area (Å²) < 4.78 is 4.77. The number of nitrogens with zero attached hydrogens (tertiary/aromatic N) is 3. The van der Waals surface area contributed by atoms with Gasteiger partial charge in [0.15, 0.2) is 5.78 Å². The van der Waals surface area contributed by atoms with Crippen LogP contribution in [-0.4, -0.2) is 33.8 Å². The Balaban J connectivity index is 1.70. The maximum absolute atomic E-state index is 12.7. The number of methoxy groups -OCH3 is 1. The largest absolute Gasteiger partial charge is 0.465 e. The predicted molar refractivity (Wildman–Crippen MR) is 102 cm³/mol. The molecule has 4 aromatic rings. The number of imidazole rings is 1. The Labute approximate surface area is 159 Å². The van der Waals surface area contributed by atoms with Gasteiger partial charge < -0.3 is 9.72 Å². The van der Waals surface area contributed by atoms with Crippen molar-refractivity contribution in [2.45, 2.75) is 6.42 Å². The highest BCUT2D eigenvalue weighted by atomic mass is 16.5. The van der Waals surface area contributed by atoms with E-state index >= 15 is 0 Å². The molecule has 0 atom stereocenters. The third-order valence-electron chi connectivity index (χ3n) is 4.41. The zero-order chi connectivity index (χ0) is 19.7. The Kier molecular flexibility index (Phi) is 4.30. The Hall–Kier alpha value is -4.05.